The lowest BCUT2D eigenvalue weighted by atomic mass is 10.1. The summed E-state index contributed by atoms with van der Waals surface area (Å²) in [6.45, 7) is 4.24. The van der Waals surface area contributed by atoms with Crippen molar-refractivity contribution in [2.45, 2.75) is 26.4 Å². The smallest absolute Gasteiger partial charge is 0.269 e. The number of benzene rings is 2. The van der Waals surface area contributed by atoms with E-state index in [4.69, 9.17) is 0 Å². The summed E-state index contributed by atoms with van der Waals surface area (Å²) in [6, 6.07) is 14.9. The normalized spacial score (nSPS) is 12.3. The maximum Gasteiger partial charge on any atom is 0.269 e. The van der Waals surface area contributed by atoms with Crippen LogP contribution < -0.4 is 10.9 Å². The number of hydrogen-bond acceptors (Lipinski definition) is 3. The van der Waals surface area contributed by atoms with Crippen LogP contribution in [0.3, 0.4) is 0 Å². The summed E-state index contributed by atoms with van der Waals surface area (Å²) in [5.41, 5.74) is 2.12. The van der Waals surface area contributed by atoms with Crippen LogP contribution >= 0.6 is 11.5 Å². The largest absolute Gasteiger partial charge is 0.350 e. The highest BCUT2D eigenvalue weighted by molar-refractivity contribution is 7.14. The number of amides is 1. The highest BCUT2D eigenvalue weighted by Crippen LogP contribution is 2.19. The third-order valence-corrected chi connectivity index (χ3v) is 5.06. The molecule has 0 aliphatic heterocycles. The molecule has 0 saturated carbocycles. The van der Waals surface area contributed by atoms with Crippen LogP contribution in [0.5, 0.6) is 0 Å². The molecule has 1 heterocycles. The molecule has 1 amide bonds. The van der Waals surface area contributed by atoms with Crippen molar-refractivity contribution in [1.82, 2.24) is 9.27 Å². The van der Waals surface area contributed by atoms with Crippen LogP contribution in [0.4, 0.5) is 0 Å². The molecule has 0 bridgehead atoms. The Morgan fingerprint density at radius 3 is 2.57 bits per heavy atom. The van der Waals surface area contributed by atoms with Gasteiger partial charge in [0.1, 0.15) is 6.04 Å². The molecular weight excluding hydrogens is 308 g/mol. The highest BCUT2D eigenvalue weighted by Gasteiger charge is 2.19. The van der Waals surface area contributed by atoms with Gasteiger partial charge in [-0.25, -0.2) is 0 Å². The average molecular weight is 326 g/mol. The second-order valence-electron chi connectivity index (χ2n) is 5.60. The minimum Gasteiger partial charge on any atom is -0.350 e. The van der Waals surface area contributed by atoms with Crippen LogP contribution in [0.25, 0.3) is 10.1 Å². The lowest BCUT2D eigenvalue weighted by Gasteiger charge is -2.12. The summed E-state index contributed by atoms with van der Waals surface area (Å²) in [7, 11) is 0. The molecule has 0 fully saturated rings. The zero-order valence-electron chi connectivity index (χ0n) is 13.1. The fourth-order valence-electron chi connectivity index (χ4n) is 2.39. The summed E-state index contributed by atoms with van der Waals surface area (Å²) in [6.07, 6.45) is 0. The minimum atomic E-state index is -0.523. The molecule has 1 aromatic heterocycles. The molecule has 3 rings (SSSR count). The Morgan fingerprint density at radius 2 is 1.87 bits per heavy atom. The zero-order valence-corrected chi connectivity index (χ0v) is 13.9. The van der Waals surface area contributed by atoms with E-state index in [1.165, 1.54) is 21.1 Å². The van der Waals surface area contributed by atoms with Crippen molar-refractivity contribution < 1.29 is 4.79 Å². The Hall–Kier alpha value is -2.40. The molecule has 0 saturated heterocycles. The fourth-order valence-corrected chi connectivity index (χ4v) is 3.43. The van der Waals surface area contributed by atoms with Gasteiger partial charge >= 0.3 is 0 Å². The molecule has 1 unspecified atom stereocenters. The number of nitrogens with one attached hydrogen (secondary N) is 1. The van der Waals surface area contributed by atoms with Crippen molar-refractivity contribution >= 4 is 27.5 Å². The molecule has 23 heavy (non-hydrogen) atoms. The minimum absolute atomic E-state index is 0.108. The Bertz CT molecular complexity index is 893. The van der Waals surface area contributed by atoms with Gasteiger partial charge in [0.05, 0.1) is 10.1 Å². The number of nitrogens with zero attached hydrogens (tertiary/aromatic N) is 1. The molecule has 0 aliphatic rings. The predicted molar refractivity (Wildman–Crippen MR) is 93.8 cm³/mol. The number of carbonyl (C=O) groups is 1. The van der Waals surface area contributed by atoms with Crippen molar-refractivity contribution in [2.75, 3.05) is 0 Å². The van der Waals surface area contributed by atoms with Gasteiger partial charge in [-0.05, 0) is 31.5 Å². The van der Waals surface area contributed by atoms with Gasteiger partial charge in [0.25, 0.3) is 5.56 Å². The summed E-state index contributed by atoms with van der Waals surface area (Å²) in [4.78, 5) is 24.7. The van der Waals surface area contributed by atoms with Gasteiger partial charge in [0.2, 0.25) is 5.91 Å². The second kappa shape index (κ2) is 6.38. The summed E-state index contributed by atoms with van der Waals surface area (Å²) >= 11 is 1.33. The van der Waals surface area contributed by atoms with E-state index in [1.54, 1.807) is 13.0 Å². The maximum atomic E-state index is 12.4. The number of carbonyl (C=O) groups excluding carboxylic acids is 1. The van der Waals surface area contributed by atoms with Gasteiger partial charge in [-0.3, -0.25) is 13.5 Å². The van der Waals surface area contributed by atoms with E-state index in [2.05, 4.69) is 5.32 Å². The third kappa shape index (κ3) is 3.19. The van der Waals surface area contributed by atoms with Crippen molar-refractivity contribution in [3.63, 3.8) is 0 Å². The average Bonchev–Trinajstić information content (AvgIpc) is 2.90. The van der Waals surface area contributed by atoms with Crippen LogP contribution in [-0.4, -0.2) is 9.86 Å². The molecule has 2 aromatic carbocycles. The summed E-state index contributed by atoms with van der Waals surface area (Å²) in [5.74, 6) is -0.153. The quantitative estimate of drug-likeness (QED) is 0.800. The topological polar surface area (TPSA) is 51.1 Å². The molecule has 1 N–H and O–H groups in total. The monoisotopic (exact) mass is 326 g/mol. The molecule has 0 spiro atoms. The van der Waals surface area contributed by atoms with Crippen molar-refractivity contribution in [2.24, 2.45) is 0 Å². The number of fused-ring (bicyclic) bond motifs is 1. The Balaban J connectivity index is 1.74. The van der Waals surface area contributed by atoms with Gasteiger partial charge in [0, 0.05) is 6.54 Å². The van der Waals surface area contributed by atoms with Crippen LogP contribution in [-0.2, 0) is 11.3 Å². The van der Waals surface area contributed by atoms with E-state index in [9.17, 15) is 9.59 Å². The molecule has 5 heteroatoms. The molecule has 0 aliphatic carbocycles. The molecule has 0 radical (unpaired) electrons. The van der Waals surface area contributed by atoms with E-state index in [-0.39, 0.29) is 11.5 Å². The predicted octanol–water partition coefficient (Wildman–Crippen LogP) is 3.25. The van der Waals surface area contributed by atoms with Crippen LogP contribution in [0, 0.1) is 6.92 Å². The molecular formula is C18H18N2O2S. The first-order chi connectivity index (χ1) is 11.1. The standard InChI is InChI=1S/C18H18N2O2S/c1-12-7-9-14(10-8-12)11-19-17(21)13(2)20-18(22)15-5-3-4-6-16(15)23-20/h3-10,13H,11H2,1-2H3,(H,19,21). The molecule has 1 atom stereocenters. The van der Waals surface area contributed by atoms with Gasteiger partial charge in [-0.2, -0.15) is 0 Å². The summed E-state index contributed by atoms with van der Waals surface area (Å²) < 4.78 is 2.44. The lowest BCUT2D eigenvalue weighted by molar-refractivity contribution is -0.123. The Kier molecular flexibility index (Phi) is 4.30. The molecule has 3 aromatic rings. The first-order valence-electron chi connectivity index (χ1n) is 7.50. The van der Waals surface area contributed by atoms with Crippen molar-refractivity contribution in [3.8, 4) is 0 Å². The number of aryl methyl sites for hydroxylation is 1. The first-order valence-corrected chi connectivity index (χ1v) is 8.27. The summed E-state index contributed by atoms with van der Waals surface area (Å²) in [5, 5.41) is 3.56. The highest BCUT2D eigenvalue weighted by atomic mass is 32.1. The fraction of sp³-hybridized carbons (Fsp3) is 0.222. The van der Waals surface area contributed by atoms with E-state index in [0.29, 0.717) is 11.9 Å². The van der Waals surface area contributed by atoms with Crippen LogP contribution in [0.1, 0.15) is 24.1 Å². The van der Waals surface area contributed by atoms with E-state index in [1.807, 2.05) is 49.4 Å². The maximum absolute atomic E-state index is 12.4. The van der Waals surface area contributed by atoms with Crippen molar-refractivity contribution in [3.05, 3.63) is 70.0 Å². The first kappa shape index (κ1) is 15.5. The third-order valence-electron chi connectivity index (χ3n) is 3.83. The van der Waals surface area contributed by atoms with Crippen LogP contribution in [0.15, 0.2) is 53.3 Å². The Morgan fingerprint density at radius 1 is 1.17 bits per heavy atom. The number of aromatic nitrogens is 1. The van der Waals surface area contributed by atoms with Gasteiger partial charge in [0.15, 0.2) is 0 Å². The van der Waals surface area contributed by atoms with Crippen LogP contribution in [0.2, 0.25) is 0 Å². The Labute approximate surface area is 138 Å². The van der Waals surface area contributed by atoms with Gasteiger partial charge in [-0.15, -0.1) is 0 Å². The van der Waals surface area contributed by atoms with Crippen molar-refractivity contribution in [1.29, 1.82) is 0 Å². The number of rotatable bonds is 4. The molecule has 4 nitrogen and oxygen atoms in total. The van der Waals surface area contributed by atoms with E-state index in [0.717, 1.165) is 10.3 Å². The lowest BCUT2D eigenvalue weighted by Crippen LogP contribution is -2.33. The second-order valence-corrected chi connectivity index (χ2v) is 6.61. The zero-order chi connectivity index (χ0) is 16.4. The van der Waals surface area contributed by atoms with Gasteiger partial charge < -0.3 is 5.32 Å². The molecule has 118 valence electrons. The van der Waals surface area contributed by atoms with Gasteiger partial charge in [-0.1, -0.05) is 53.5 Å². The SMILES string of the molecule is Cc1ccc(CNC(=O)C(C)n2sc3ccccc3c2=O)cc1. The number of hydrogen-bond donors (Lipinski definition) is 1. The van der Waals surface area contributed by atoms with E-state index < -0.39 is 6.04 Å². The van der Waals surface area contributed by atoms with E-state index >= 15 is 0 Å².